The van der Waals surface area contributed by atoms with Crippen LogP contribution in [0.15, 0.2) is 36.4 Å². The molecule has 2 aromatic carbocycles. The van der Waals surface area contributed by atoms with Crippen molar-refractivity contribution in [3.05, 3.63) is 58.7 Å². The van der Waals surface area contributed by atoms with Crippen LogP contribution in [0.5, 0.6) is 0 Å². The fraction of sp³-hybridized carbons (Fsp3) is 0.500. The van der Waals surface area contributed by atoms with Crippen LogP contribution in [-0.4, -0.2) is 19.0 Å². The summed E-state index contributed by atoms with van der Waals surface area (Å²) in [5.74, 6) is 2.99. The molecule has 1 amide bonds. The second-order valence-electron chi connectivity index (χ2n) is 9.82. The Kier molecular flexibility index (Phi) is 4.01. The number of anilines is 2. The van der Waals surface area contributed by atoms with E-state index in [0.29, 0.717) is 11.8 Å². The number of hydrogen-bond donors (Lipinski definition) is 1. The topological polar surface area (TPSA) is 32.3 Å². The van der Waals surface area contributed by atoms with Gasteiger partial charge < -0.3 is 10.2 Å². The number of carbonyl (C=O) groups is 1. The molecule has 29 heavy (non-hydrogen) atoms. The first kappa shape index (κ1) is 17.6. The number of aryl methyl sites for hydroxylation is 1. The first-order chi connectivity index (χ1) is 14.2. The molecule has 2 aromatic rings. The molecule has 0 spiro atoms. The third-order valence-electron chi connectivity index (χ3n) is 8.08. The monoisotopic (exact) mass is 386 g/mol. The molecular formula is C26H30N2O. The van der Waals surface area contributed by atoms with E-state index in [1.807, 2.05) is 24.3 Å². The molecule has 0 bridgehead atoms. The number of nitrogens with zero attached hydrogens (tertiary/aromatic N) is 1. The van der Waals surface area contributed by atoms with E-state index in [-0.39, 0.29) is 5.91 Å². The van der Waals surface area contributed by atoms with Gasteiger partial charge >= 0.3 is 0 Å². The number of rotatable bonds is 2. The van der Waals surface area contributed by atoms with Crippen molar-refractivity contribution in [3.8, 4) is 0 Å². The van der Waals surface area contributed by atoms with Gasteiger partial charge in [0, 0.05) is 30.0 Å². The summed E-state index contributed by atoms with van der Waals surface area (Å²) in [5.41, 5.74) is 7.52. The highest BCUT2D eigenvalue weighted by atomic mass is 16.1. The minimum atomic E-state index is 0.00608. The van der Waals surface area contributed by atoms with Crippen LogP contribution >= 0.6 is 0 Å². The quantitative estimate of drug-likeness (QED) is 0.702. The van der Waals surface area contributed by atoms with Gasteiger partial charge in [-0.15, -0.1) is 0 Å². The summed E-state index contributed by atoms with van der Waals surface area (Å²) >= 11 is 0. The third kappa shape index (κ3) is 2.81. The van der Waals surface area contributed by atoms with E-state index in [2.05, 4.69) is 29.3 Å². The average Bonchev–Trinajstić information content (AvgIpc) is 3.38. The molecule has 0 radical (unpaired) electrons. The lowest BCUT2D eigenvalue weighted by Crippen LogP contribution is -2.43. The average molecular weight is 387 g/mol. The molecule has 2 aliphatic carbocycles. The maximum atomic E-state index is 12.9. The molecule has 2 fully saturated rings. The fourth-order valence-electron chi connectivity index (χ4n) is 6.74. The van der Waals surface area contributed by atoms with Gasteiger partial charge in [0.2, 0.25) is 0 Å². The Morgan fingerprint density at radius 3 is 2.07 bits per heavy atom. The van der Waals surface area contributed by atoms with Gasteiger partial charge in [-0.25, -0.2) is 0 Å². The van der Waals surface area contributed by atoms with Crippen LogP contribution in [0, 0.1) is 18.8 Å². The number of carbonyl (C=O) groups excluding carboxylic acids is 1. The maximum Gasteiger partial charge on any atom is 0.255 e. The summed E-state index contributed by atoms with van der Waals surface area (Å²) in [7, 11) is 0. The zero-order valence-corrected chi connectivity index (χ0v) is 17.3. The molecule has 4 aliphatic rings. The van der Waals surface area contributed by atoms with Crippen LogP contribution < -0.4 is 10.2 Å². The number of hydrogen-bond acceptors (Lipinski definition) is 2. The molecule has 2 saturated carbocycles. The van der Waals surface area contributed by atoms with Gasteiger partial charge in [-0.1, -0.05) is 30.5 Å². The van der Waals surface area contributed by atoms with Gasteiger partial charge in [0.1, 0.15) is 0 Å². The van der Waals surface area contributed by atoms with Gasteiger partial charge in [0.05, 0.1) is 0 Å². The SMILES string of the molecule is Cc1ccc(C(=O)Nc2cc3c4c(c2)[C@@H]2CCC[C@@H]2CN4C[C@@H]2CCC[C@H]32)cc1. The highest BCUT2D eigenvalue weighted by Crippen LogP contribution is 2.56. The molecule has 6 rings (SSSR count). The summed E-state index contributed by atoms with van der Waals surface area (Å²) in [6.07, 6.45) is 8.06. The van der Waals surface area contributed by atoms with Gasteiger partial charge in [-0.05, 0) is 91.7 Å². The van der Waals surface area contributed by atoms with Gasteiger partial charge in [-0.2, -0.15) is 0 Å². The van der Waals surface area contributed by atoms with Crippen LogP contribution in [-0.2, 0) is 0 Å². The Bertz CT molecular complexity index is 918. The van der Waals surface area contributed by atoms with Crippen LogP contribution in [0.3, 0.4) is 0 Å². The van der Waals surface area contributed by atoms with Crippen molar-refractivity contribution < 1.29 is 4.79 Å². The molecule has 0 saturated heterocycles. The highest BCUT2D eigenvalue weighted by Gasteiger charge is 2.44. The Hall–Kier alpha value is -2.29. The van der Waals surface area contributed by atoms with Gasteiger partial charge in [0.15, 0.2) is 0 Å². The van der Waals surface area contributed by atoms with Crippen molar-refractivity contribution in [1.29, 1.82) is 0 Å². The Morgan fingerprint density at radius 2 is 1.48 bits per heavy atom. The van der Waals surface area contributed by atoms with E-state index < -0.39 is 0 Å². The van der Waals surface area contributed by atoms with Crippen molar-refractivity contribution in [3.63, 3.8) is 0 Å². The van der Waals surface area contributed by atoms with Crippen molar-refractivity contribution in [2.24, 2.45) is 11.8 Å². The summed E-state index contributed by atoms with van der Waals surface area (Å²) in [4.78, 5) is 15.6. The lowest BCUT2D eigenvalue weighted by Gasteiger charge is -2.46. The number of benzene rings is 2. The van der Waals surface area contributed by atoms with Gasteiger partial charge in [0.25, 0.3) is 5.91 Å². The predicted molar refractivity (Wildman–Crippen MR) is 118 cm³/mol. The lowest BCUT2D eigenvalue weighted by molar-refractivity contribution is 0.102. The van der Waals surface area contributed by atoms with Crippen molar-refractivity contribution in [1.82, 2.24) is 0 Å². The molecule has 3 heteroatoms. The summed E-state index contributed by atoms with van der Waals surface area (Å²) in [6.45, 7) is 4.56. The second kappa shape index (κ2) is 6.62. The number of nitrogens with one attached hydrogen (secondary N) is 1. The molecule has 3 nitrogen and oxygen atoms in total. The normalized spacial score (nSPS) is 29.2. The third-order valence-corrected chi connectivity index (χ3v) is 8.08. The molecule has 0 unspecified atom stereocenters. The number of amides is 1. The summed E-state index contributed by atoms with van der Waals surface area (Å²) in [6, 6.07) is 12.5. The van der Waals surface area contributed by atoms with E-state index in [0.717, 1.165) is 23.1 Å². The van der Waals surface area contributed by atoms with E-state index in [4.69, 9.17) is 0 Å². The fourth-order valence-corrected chi connectivity index (χ4v) is 6.74. The Labute approximate surface area is 173 Å². The Balaban J connectivity index is 1.41. The molecule has 2 aliphatic heterocycles. The van der Waals surface area contributed by atoms with Crippen LogP contribution in [0.2, 0.25) is 0 Å². The molecule has 150 valence electrons. The van der Waals surface area contributed by atoms with Crippen molar-refractivity contribution >= 4 is 17.3 Å². The van der Waals surface area contributed by atoms with Crippen molar-refractivity contribution in [2.75, 3.05) is 23.3 Å². The second-order valence-corrected chi connectivity index (χ2v) is 9.82. The van der Waals surface area contributed by atoms with Crippen molar-refractivity contribution in [2.45, 2.75) is 57.3 Å². The molecule has 0 aromatic heterocycles. The zero-order valence-electron chi connectivity index (χ0n) is 17.3. The first-order valence-corrected chi connectivity index (χ1v) is 11.5. The van der Waals surface area contributed by atoms with Gasteiger partial charge in [-0.3, -0.25) is 4.79 Å². The van der Waals surface area contributed by atoms with Crippen LogP contribution in [0.25, 0.3) is 0 Å². The minimum absolute atomic E-state index is 0.00608. The first-order valence-electron chi connectivity index (χ1n) is 11.5. The molecule has 1 N–H and O–H groups in total. The van der Waals surface area contributed by atoms with E-state index in [1.54, 1.807) is 5.69 Å². The zero-order chi connectivity index (χ0) is 19.5. The summed E-state index contributed by atoms with van der Waals surface area (Å²) in [5, 5.41) is 3.24. The number of fused-ring (bicyclic) bond motifs is 4. The lowest BCUT2D eigenvalue weighted by atomic mass is 9.75. The largest absolute Gasteiger partial charge is 0.370 e. The van der Waals surface area contributed by atoms with Crippen LogP contribution in [0.4, 0.5) is 11.4 Å². The predicted octanol–water partition coefficient (Wildman–Crippen LogP) is 5.85. The molecule has 4 atom stereocenters. The summed E-state index contributed by atoms with van der Waals surface area (Å²) < 4.78 is 0. The van der Waals surface area contributed by atoms with Crippen LogP contribution in [0.1, 0.15) is 77.4 Å². The maximum absolute atomic E-state index is 12.9. The van der Waals surface area contributed by atoms with E-state index in [1.165, 1.54) is 68.3 Å². The molecular weight excluding hydrogens is 356 g/mol. The standard InChI is InChI=1S/C26H30N2O/c1-16-8-10-17(11-9-16)26(29)27-20-12-23-21-6-2-4-18(21)14-28-15-19-5-3-7-22(19)24(13-20)25(23)28/h8-13,18-19,21-22H,2-7,14-15H2,1H3,(H,27,29)/t18-,19+,21-,22+. The Morgan fingerprint density at radius 1 is 0.897 bits per heavy atom. The van der Waals surface area contributed by atoms with E-state index in [9.17, 15) is 4.79 Å². The highest BCUT2D eigenvalue weighted by molar-refractivity contribution is 6.04. The van der Waals surface area contributed by atoms with E-state index >= 15 is 0 Å². The molecule has 2 heterocycles. The minimum Gasteiger partial charge on any atom is -0.370 e. The smallest absolute Gasteiger partial charge is 0.255 e.